The zero-order valence-electron chi connectivity index (χ0n) is 6.23. The molecule has 0 spiro atoms. The molecule has 1 aliphatic rings. The quantitative estimate of drug-likeness (QED) is 0.599. The first-order chi connectivity index (χ1) is 5.38. The number of anilines is 1. The highest BCUT2D eigenvalue weighted by molar-refractivity contribution is 5.53. The molecule has 1 aromatic carbocycles. The Kier molecular flexibility index (Phi) is 1.53. The number of halogens is 1. The van der Waals surface area contributed by atoms with Crippen LogP contribution in [-0.2, 0) is 6.42 Å². The molecule has 2 heteroatoms. The lowest BCUT2D eigenvalue weighted by atomic mass is 10.0. The van der Waals surface area contributed by atoms with Crippen LogP contribution in [0.25, 0.3) is 0 Å². The van der Waals surface area contributed by atoms with Gasteiger partial charge in [0.15, 0.2) is 0 Å². The highest BCUT2D eigenvalue weighted by Gasteiger charge is 2.10. The van der Waals surface area contributed by atoms with E-state index in [2.05, 4.69) is 5.32 Å². The van der Waals surface area contributed by atoms with Gasteiger partial charge in [-0.1, -0.05) is 12.1 Å². The summed E-state index contributed by atoms with van der Waals surface area (Å²) >= 11 is 0. The third-order valence-electron chi connectivity index (χ3n) is 2.02. The molecule has 1 aliphatic heterocycles. The fraction of sp³-hybridized carbons (Fsp3) is 0.333. The second-order valence-corrected chi connectivity index (χ2v) is 2.80. The van der Waals surface area contributed by atoms with Crippen LogP contribution in [0.3, 0.4) is 0 Å². The Morgan fingerprint density at radius 1 is 1.36 bits per heavy atom. The summed E-state index contributed by atoms with van der Waals surface area (Å²) in [4.78, 5) is 0. The van der Waals surface area contributed by atoms with Crippen molar-refractivity contribution in [3.8, 4) is 0 Å². The molecule has 0 bridgehead atoms. The minimum atomic E-state index is -0.123. The minimum Gasteiger partial charge on any atom is -0.382 e. The number of aryl methyl sites for hydroxylation is 1. The summed E-state index contributed by atoms with van der Waals surface area (Å²) in [7, 11) is 0. The second-order valence-electron chi connectivity index (χ2n) is 2.80. The molecule has 1 aromatic rings. The van der Waals surface area contributed by atoms with Crippen molar-refractivity contribution >= 4 is 5.69 Å². The van der Waals surface area contributed by atoms with Crippen molar-refractivity contribution in [3.05, 3.63) is 29.6 Å². The van der Waals surface area contributed by atoms with Crippen molar-refractivity contribution in [2.24, 2.45) is 0 Å². The van der Waals surface area contributed by atoms with E-state index in [0.29, 0.717) is 5.69 Å². The smallest absolute Gasteiger partial charge is 0.146 e. The summed E-state index contributed by atoms with van der Waals surface area (Å²) in [6.45, 7) is 0.897. The average molecular weight is 151 g/mol. The maximum atomic E-state index is 13.0. The van der Waals surface area contributed by atoms with Gasteiger partial charge in [0.25, 0.3) is 0 Å². The second kappa shape index (κ2) is 2.53. The zero-order valence-corrected chi connectivity index (χ0v) is 6.23. The predicted molar refractivity (Wildman–Crippen MR) is 43.2 cm³/mol. The standard InChI is InChI=1S/C9H10FN/c10-8-5-1-3-7-4-2-6-11-9(7)8/h1,3,5,11H,2,4,6H2. The van der Waals surface area contributed by atoms with Gasteiger partial charge in [-0.3, -0.25) is 0 Å². The van der Waals surface area contributed by atoms with Crippen LogP contribution in [0.5, 0.6) is 0 Å². The molecular weight excluding hydrogens is 141 g/mol. The summed E-state index contributed by atoms with van der Waals surface area (Å²) < 4.78 is 13.0. The van der Waals surface area contributed by atoms with Crippen molar-refractivity contribution in [1.29, 1.82) is 0 Å². The van der Waals surface area contributed by atoms with E-state index in [4.69, 9.17) is 0 Å². The number of hydrogen-bond acceptors (Lipinski definition) is 1. The summed E-state index contributed by atoms with van der Waals surface area (Å²) in [6.07, 6.45) is 2.11. The third-order valence-corrected chi connectivity index (χ3v) is 2.02. The summed E-state index contributed by atoms with van der Waals surface area (Å²) in [5.74, 6) is -0.123. The van der Waals surface area contributed by atoms with Crippen LogP contribution < -0.4 is 5.32 Å². The molecule has 0 atom stereocenters. The molecule has 0 amide bonds. The molecule has 0 aliphatic carbocycles. The van der Waals surface area contributed by atoms with Crippen LogP contribution in [-0.4, -0.2) is 6.54 Å². The Balaban J connectivity index is 2.49. The molecule has 0 aromatic heterocycles. The fourth-order valence-corrected chi connectivity index (χ4v) is 1.47. The SMILES string of the molecule is Fc1cccc2c1NCCC2. The lowest BCUT2D eigenvalue weighted by molar-refractivity contribution is 0.623. The van der Waals surface area contributed by atoms with Crippen LogP contribution in [0.1, 0.15) is 12.0 Å². The first-order valence-electron chi connectivity index (χ1n) is 3.89. The van der Waals surface area contributed by atoms with E-state index in [1.807, 2.05) is 6.07 Å². The largest absolute Gasteiger partial charge is 0.382 e. The summed E-state index contributed by atoms with van der Waals surface area (Å²) in [5, 5.41) is 3.06. The number of rotatable bonds is 0. The van der Waals surface area contributed by atoms with Crippen LogP contribution in [0.4, 0.5) is 10.1 Å². The lowest BCUT2D eigenvalue weighted by Gasteiger charge is -2.17. The number of nitrogens with one attached hydrogen (secondary N) is 1. The van der Waals surface area contributed by atoms with Crippen molar-refractivity contribution in [2.75, 3.05) is 11.9 Å². The summed E-state index contributed by atoms with van der Waals surface area (Å²) in [5.41, 5.74) is 1.81. The molecule has 1 N–H and O–H groups in total. The molecule has 0 fully saturated rings. The van der Waals surface area contributed by atoms with Gasteiger partial charge in [0.2, 0.25) is 0 Å². The van der Waals surface area contributed by atoms with Crippen LogP contribution in [0, 0.1) is 5.82 Å². The number of benzene rings is 1. The first-order valence-corrected chi connectivity index (χ1v) is 3.89. The maximum Gasteiger partial charge on any atom is 0.146 e. The Bertz CT molecular complexity index is 270. The molecule has 1 nitrogen and oxygen atoms in total. The number of fused-ring (bicyclic) bond motifs is 1. The van der Waals surface area contributed by atoms with Gasteiger partial charge in [-0.2, -0.15) is 0 Å². The Morgan fingerprint density at radius 3 is 3.09 bits per heavy atom. The van der Waals surface area contributed by atoms with E-state index in [1.165, 1.54) is 6.07 Å². The number of para-hydroxylation sites is 1. The van der Waals surface area contributed by atoms with Gasteiger partial charge in [0.05, 0.1) is 5.69 Å². The van der Waals surface area contributed by atoms with E-state index in [9.17, 15) is 4.39 Å². The molecule has 0 saturated heterocycles. The van der Waals surface area contributed by atoms with E-state index in [1.54, 1.807) is 6.07 Å². The molecule has 58 valence electrons. The molecule has 0 saturated carbocycles. The molecule has 11 heavy (non-hydrogen) atoms. The highest BCUT2D eigenvalue weighted by atomic mass is 19.1. The van der Waals surface area contributed by atoms with Crippen LogP contribution in [0.2, 0.25) is 0 Å². The van der Waals surface area contributed by atoms with E-state index < -0.39 is 0 Å². The van der Waals surface area contributed by atoms with E-state index >= 15 is 0 Å². The topological polar surface area (TPSA) is 12.0 Å². The van der Waals surface area contributed by atoms with Crippen LogP contribution >= 0.6 is 0 Å². The molecule has 0 unspecified atom stereocenters. The Morgan fingerprint density at radius 2 is 2.27 bits per heavy atom. The minimum absolute atomic E-state index is 0.123. The first kappa shape index (κ1) is 6.65. The Hall–Kier alpha value is -1.05. The predicted octanol–water partition coefficient (Wildman–Crippen LogP) is 2.18. The van der Waals surface area contributed by atoms with Gasteiger partial charge in [-0.25, -0.2) is 4.39 Å². The van der Waals surface area contributed by atoms with Crippen LogP contribution in [0.15, 0.2) is 18.2 Å². The van der Waals surface area contributed by atoms with Crippen molar-refractivity contribution in [1.82, 2.24) is 0 Å². The molecule has 0 radical (unpaired) electrons. The van der Waals surface area contributed by atoms with E-state index in [-0.39, 0.29) is 5.82 Å². The Labute approximate surface area is 65.2 Å². The normalized spacial score (nSPS) is 15.4. The van der Waals surface area contributed by atoms with Crippen molar-refractivity contribution in [3.63, 3.8) is 0 Å². The lowest BCUT2D eigenvalue weighted by Crippen LogP contribution is -2.12. The maximum absolute atomic E-state index is 13.0. The van der Waals surface area contributed by atoms with Gasteiger partial charge < -0.3 is 5.32 Å². The molecule has 2 rings (SSSR count). The zero-order chi connectivity index (χ0) is 7.68. The van der Waals surface area contributed by atoms with Gasteiger partial charge >= 0.3 is 0 Å². The van der Waals surface area contributed by atoms with E-state index in [0.717, 1.165) is 24.9 Å². The average Bonchev–Trinajstić information content (AvgIpc) is 2.06. The highest BCUT2D eigenvalue weighted by Crippen LogP contribution is 2.24. The van der Waals surface area contributed by atoms with Gasteiger partial charge in [0.1, 0.15) is 5.82 Å². The van der Waals surface area contributed by atoms with Gasteiger partial charge in [-0.05, 0) is 24.5 Å². The molecular formula is C9H10FN. The van der Waals surface area contributed by atoms with Gasteiger partial charge in [0, 0.05) is 6.54 Å². The number of hydrogen-bond donors (Lipinski definition) is 1. The molecule has 1 heterocycles. The van der Waals surface area contributed by atoms with Gasteiger partial charge in [-0.15, -0.1) is 0 Å². The van der Waals surface area contributed by atoms with Crippen molar-refractivity contribution in [2.45, 2.75) is 12.8 Å². The summed E-state index contributed by atoms with van der Waals surface area (Å²) in [6, 6.07) is 5.24. The third kappa shape index (κ3) is 1.09. The fourth-order valence-electron chi connectivity index (χ4n) is 1.47. The monoisotopic (exact) mass is 151 g/mol. The van der Waals surface area contributed by atoms with Crippen molar-refractivity contribution < 1.29 is 4.39 Å².